The molecule has 0 fully saturated rings. The molecule has 0 saturated carbocycles. The highest BCUT2D eigenvalue weighted by atomic mass is 35.5. The molecule has 0 aliphatic rings. The van der Waals surface area contributed by atoms with Crippen LogP contribution in [0.25, 0.3) is 0 Å². The van der Waals surface area contributed by atoms with E-state index in [4.69, 9.17) is 23.2 Å². The van der Waals surface area contributed by atoms with Gasteiger partial charge in [0.1, 0.15) is 5.03 Å². The number of hydrogen-bond donors (Lipinski definition) is 2. The van der Waals surface area contributed by atoms with Crippen LogP contribution >= 0.6 is 35.0 Å². The number of aromatic nitrogens is 2. The van der Waals surface area contributed by atoms with Crippen LogP contribution in [-0.4, -0.2) is 27.8 Å². The molecule has 9 heteroatoms. The number of nitrogens with zero attached hydrogens (tertiary/aromatic N) is 2. The van der Waals surface area contributed by atoms with Crippen LogP contribution < -0.4 is 10.6 Å². The average Bonchev–Trinajstić information content (AvgIpc) is 2.67. The van der Waals surface area contributed by atoms with Crippen LogP contribution in [0.3, 0.4) is 0 Å². The second kappa shape index (κ2) is 9.73. The van der Waals surface area contributed by atoms with Crippen molar-refractivity contribution in [3.63, 3.8) is 0 Å². The standard InChI is InChI=1S/C20H16Cl2N4O2S/c1-12-2-4-13(5-3-12)20(28)24-17-6-7-19(26-25-17)29-11-18(27)23-16-9-14(21)8-15(22)10-16/h2-10H,11H2,1H3,(H,23,27)(H,24,25,28). The molecule has 2 amide bonds. The van der Waals surface area contributed by atoms with Crippen molar-refractivity contribution in [2.24, 2.45) is 0 Å². The Morgan fingerprint density at radius 3 is 2.24 bits per heavy atom. The van der Waals surface area contributed by atoms with Crippen LogP contribution in [-0.2, 0) is 4.79 Å². The summed E-state index contributed by atoms with van der Waals surface area (Å²) in [5.41, 5.74) is 2.13. The number of nitrogens with one attached hydrogen (secondary N) is 2. The summed E-state index contributed by atoms with van der Waals surface area (Å²) in [6, 6.07) is 15.3. The second-order valence-corrected chi connectivity index (χ2v) is 7.94. The number of carbonyl (C=O) groups excluding carboxylic acids is 2. The number of aryl methyl sites for hydroxylation is 1. The quantitative estimate of drug-likeness (QED) is 0.516. The fraction of sp³-hybridized carbons (Fsp3) is 0.100. The average molecular weight is 447 g/mol. The summed E-state index contributed by atoms with van der Waals surface area (Å²) < 4.78 is 0. The van der Waals surface area contributed by atoms with E-state index in [2.05, 4.69) is 20.8 Å². The maximum absolute atomic E-state index is 12.2. The van der Waals surface area contributed by atoms with E-state index in [0.29, 0.717) is 32.1 Å². The van der Waals surface area contributed by atoms with Gasteiger partial charge in [0.2, 0.25) is 5.91 Å². The Hall–Kier alpha value is -2.61. The molecule has 0 aliphatic carbocycles. The lowest BCUT2D eigenvalue weighted by molar-refractivity contribution is -0.113. The van der Waals surface area contributed by atoms with Crippen molar-refractivity contribution in [1.82, 2.24) is 10.2 Å². The van der Waals surface area contributed by atoms with Gasteiger partial charge in [0.05, 0.1) is 5.75 Å². The van der Waals surface area contributed by atoms with Gasteiger partial charge in [-0.3, -0.25) is 9.59 Å². The summed E-state index contributed by atoms with van der Waals surface area (Å²) in [6.07, 6.45) is 0. The van der Waals surface area contributed by atoms with Gasteiger partial charge in [-0.2, -0.15) is 0 Å². The molecule has 0 radical (unpaired) electrons. The van der Waals surface area contributed by atoms with E-state index in [1.165, 1.54) is 11.8 Å². The lowest BCUT2D eigenvalue weighted by Crippen LogP contribution is -2.14. The van der Waals surface area contributed by atoms with Crippen molar-refractivity contribution in [3.05, 3.63) is 75.8 Å². The number of anilines is 2. The zero-order valence-electron chi connectivity index (χ0n) is 15.3. The van der Waals surface area contributed by atoms with Crippen LogP contribution in [0.1, 0.15) is 15.9 Å². The minimum absolute atomic E-state index is 0.133. The van der Waals surface area contributed by atoms with Crippen LogP contribution in [0.5, 0.6) is 0 Å². The van der Waals surface area contributed by atoms with Crippen LogP contribution in [0.4, 0.5) is 11.5 Å². The maximum Gasteiger partial charge on any atom is 0.256 e. The molecule has 29 heavy (non-hydrogen) atoms. The third-order valence-corrected chi connectivity index (χ3v) is 5.05. The fourth-order valence-electron chi connectivity index (χ4n) is 2.32. The predicted octanol–water partition coefficient (Wildman–Crippen LogP) is 5.07. The Bertz CT molecular complexity index is 1010. The number of halogens is 2. The molecule has 3 rings (SSSR count). The van der Waals surface area contributed by atoms with E-state index in [9.17, 15) is 9.59 Å². The first kappa shape index (κ1) is 21.1. The first-order chi connectivity index (χ1) is 13.9. The van der Waals surface area contributed by atoms with E-state index >= 15 is 0 Å². The van der Waals surface area contributed by atoms with E-state index < -0.39 is 0 Å². The van der Waals surface area contributed by atoms with Gasteiger partial charge in [0.25, 0.3) is 5.91 Å². The smallest absolute Gasteiger partial charge is 0.256 e. The second-order valence-electron chi connectivity index (χ2n) is 6.07. The summed E-state index contributed by atoms with van der Waals surface area (Å²) in [6.45, 7) is 1.95. The van der Waals surface area contributed by atoms with Gasteiger partial charge in [-0.25, -0.2) is 0 Å². The topological polar surface area (TPSA) is 84.0 Å². The highest BCUT2D eigenvalue weighted by Gasteiger charge is 2.09. The van der Waals surface area contributed by atoms with Gasteiger partial charge in [-0.05, 0) is 49.4 Å². The lowest BCUT2D eigenvalue weighted by Gasteiger charge is -2.07. The molecule has 1 aromatic heterocycles. The SMILES string of the molecule is Cc1ccc(C(=O)Nc2ccc(SCC(=O)Nc3cc(Cl)cc(Cl)c3)nn2)cc1. The van der Waals surface area contributed by atoms with Gasteiger partial charge in [-0.15, -0.1) is 10.2 Å². The number of rotatable bonds is 6. The van der Waals surface area contributed by atoms with E-state index in [-0.39, 0.29) is 17.6 Å². The van der Waals surface area contributed by atoms with Gasteiger partial charge in [0.15, 0.2) is 5.82 Å². The van der Waals surface area contributed by atoms with Crippen LogP contribution in [0, 0.1) is 6.92 Å². The molecule has 0 atom stereocenters. The van der Waals surface area contributed by atoms with Gasteiger partial charge >= 0.3 is 0 Å². The monoisotopic (exact) mass is 446 g/mol. The van der Waals surface area contributed by atoms with Crippen molar-refractivity contribution < 1.29 is 9.59 Å². The Morgan fingerprint density at radius 1 is 0.931 bits per heavy atom. The molecule has 2 N–H and O–H groups in total. The van der Waals surface area contributed by atoms with Gasteiger partial charge in [-0.1, -0.05) is 52.7 Å². The zero-order valence-corrected chi connectivity index (χ0v) is 17.6. The molecule has 3 aromatic rings. The van der Waals surface area contributed by atoms with Gasteiger partial charge in [0, 0.05) is 21.3 Å². The predicted molar refractivity (Wildman–Crippen MR) is 117 cm³/mol. The van der Waals surface area contributed by atoms with E-state index in [0.717, 1.165) is 5.56 Å². The molecule has 1 heterocycles. The number of thioether (sulfide) groups is 1. The molecule has 6 nitrogen and oxygen atoms in total. The number of hydrogen-bond acceptors (Lipinski definition) is 5. The molecule has 0 bridgehead atoms. The largest absolute Gasteiger partial charge is 0.325 e. The number of amides is 2. The Labute approximate surface area is 182 Å². The van der Waals surface area contributed by atoms with Crippen LogP contribution in [0.2, 0.25) is 10.0 Å². The molecule has 0 spiro atoms. The van der Waals surface area contributed by atoms with Crippen LogP contribution in [0.15, 0.2) is 59.6 Å². The van der Waals surface area contributed by atoms with E-state index in [1.807, 2.05) is 19.1 Å². The zero-order chi connectivity index (χ0) is 20.8. The maximum atomic E-state index is 12.2. The minimum Gasteiger partial charge on any atom is -0.325 e. The van der Waals surface area contributed by atoms with Gasteiger partial charge < -0.3 is 10.6 Å². The third-order valence-electron chi connectivity index (χ3n) is 3.69. The summed E-state index contributed by atoms with van der Waals surface area (Å²) in [5.74, 6) is -0.0301. The van der Waals surface area contributed by atoms with Crippen molar-refractivity contribution in [1.29, 1.82) is 0 Å². The molecule has 0 unspecified atom stereocenters. The molecular formula is C20H16Cl2N4O2S. The first-order valence-electron chi connectivity index (χ1n) is 8.49. The summed E-state index contributed by atoms with van der Waals surface area (Å²) in [5, 5.41) is 14.8. The highest BCUT2D eigenvalue weighted by molar-refractivity contribution is 7.99. The first-order valence-corrected chi connectivity index (χ1v) is 10.2. The molecule has 0 aliphatic heterocycles. The molecular weight excluding hydrogens is 431 g/mol. The Morgan fingerprint density at radius 2 is 1.62 bits per heavy atom. The molecule has 148 valence electrons. The lowest BCUT2D eigenvalue weighted by atomic mass is 10.1. The Kier molecular flexibility index (Phi) is 7.09. The number of benzene rings is 2. The molecule has 0 saturated heterocycles. The number of carbonyl (C=O) groups is 2. The normalized spacial score (nSPS) is 10.4. The van der Waals surface area contributed by atoms with Crippen molar-refractivity contribution >= 4 is 58.3 Å². The highest BCUT2D eigenvalue weighted by Crippen LogP contribution is 2.23. The van der Waals surface area contributed by atoms with Crippen molar-refractivity contribution in [3.8, 4) is 0 Å². The fourth-order valence-corrected chi connectivity index (χ4v) is 3.46. The summed E-state index contributed by atoms with van der Waals surface area (Å²) in [7, 11) is 0. The third kappa shape index (κ3) is 6.45. The Balaban J connectivity index is 1.51. The van der Waals surface area contributed by atoms with E-state index in [1.54, 1.807) is 42.5 Å². The minimum atomic E-state index is -0.265. The summed E-state index contributed by atoms with van der Waals surface area (Å²) in [4.78, 5) is 24.3. The summed E-state index contributed by atoms with van der Waals surface area (Å²) >= 11 is 13.0. The molecule has 2 aromatic carbocycles. The van der Waals surface area contributed by atoms with Crippen molar-refractivity contribution in [2.45, 2.75) is 11.9 Å². The van der Waals surface area contributed by atoms with Crippen molar-refractivity contribution in [2.75, 3.05) is 16.4 Å².